The van der Waals surface area contributed by atoms with Gasteiger partial charge in [0.2, 0.25) is 5.91 Å². The van der Waals surface area contributed by atoms with E-state index in [2.05, 4.69) is 15.2 Å². The topological polar surface area (TPSA) is 81.0 Å². The number of rotatable bonds is 8. The molecule has 1 atom stereocenters. The van der Waals surface area contributed by atoms with Crippen LogP contribution in [-0.4, -0.2) is 42.9 Å². The van der Waals surface area contributed by atoms with E-state index in [4.69, 9.17) is 0 Å². The number of aromatic nitrogens is 4. The first-order valence-corrected chi connectivity index (χ1v) is 12.8. The summed E-state index contributed by atoms with van der Waals surface area (Å²) < 4.78 is 1.86. The number of Topliss-reactive ketones (excluding diaryl/α,β-unsaturated/α-hetero) is 1. The van der Waals surface area contributed by atoms with Gasteiger partial charge in [-0.2, -0.15) is 0 Å². The van der Waals surface area contributed by atoms with Crippen molar-refractivity contribution < 1.29 is 9.59 Å². The molecule has 1 aliphatic rings. The molecular weight excluding hydrogens is 470 g/mol. The zero-order valence-electron chi connectivity index (χ0n) is 20.3. The summed E-state index contributed by atoms with van der Waals surface area (Å²) in [6.45, 7) is 5.08. The average Bonchev–Trinajstić information content (AvgIpc) is 3.49. The van der Waals surface area contributed by atoms with E-state index in [0.29, 0.717) is 41.9 Å². The summed E-state index contributed by atoms with van der Waals surface area (Å²) in [4.78, 5) is 32.4. The molecule has 0 unspecified atom stereocenters. The van der Waals surface area contributed by atoms with Crippen molar-refractivity contribution >= 4 is 23.5 Å². The van der Waals surface area contributed by atoms with Crippen molar-refractivity contribution in [3.05, 3.63) is 101 Å². The van der Waals surface area contributed by atoms with Gasteiger partial charge in [0.25, 0.3) is 0 Å². The predicted octanol–water partition coefficient (Wildman–Crippen LogP) is 5.12. The third-order valence-electron chi connectivity index (χ3n) is 6.26. The maximum atomic E-state index is 13.8. The first-order valence-electron chi connectivity index (χ1n) is 12.0. The Hall–Kier alpha value is -3.78. The Bertz CT molecular complexity index is 1370. The summed E-state index contributed by atoms with van der Waals surface area (Å²) in [7, 11) is 0. The normalized spacial score (nSPS) is 14.3. The Kier molecular flexibility index (Phi) is 6.95. The molecule has 2 aromatic carbocycles. The minimum atomic E-state index is -0.527. The van der Waals surface area contributed by atoms with Crippen LogP contribution < -0.4 is 0 Å². The van der Waals surface area contributed by atoms with Gasteiger partial charge in [-0.15, -0.1) is 10.2 Å². The molecule has 5 rings (SSSR count). The molecule has 182 valence electrons. The van der Waals surface area contributed by atoms with E-state index in [9.17, 15) is 9.59 Å². The highest BCUT2D eigenvalue weighted by atomic mass is 32.2. The van der Waals surface area contributed by atoms with Crippen LogP contribution in [0.25, 0.3) is 5.82 Å². The van der Waals surface area contributed by atoms with Crippen LogP contribution in [-0.2, 0) is 11.3 Å². The number of carbonyl (C=O) groups excluding carboxylic acids is 2. The van der Waals surface area contributed by atoms with Crippen molar-refractivity contribution in [3.63, 3.8) is 0 Å². The lowest BCUT2D eigenvalue weighted by molar-refractivity contribution is -0.128. The van der Waals surface area contributed by atoms with Gasteiger partial charge in [0.15, 0.2) is 16.8 Å². The minimum Gasteiger partial charge on any atom is -0.335 e. The highest BCUT2D eigenvalue weighted by molar-refractivity contribution is 8.00. The quantitative estimate of drug-likeness (QED) is 0.248. The van der Waals surface area contributed by atoms with Crippen LogP contribution in [0.5, 0.6) is 0 Å². The van der Waals surface area contributed by atoms with Crippen LogP contribution in [0.1, 0.15) is 51.0 Å². The third kappa shape index (κ3) is 5.09. The summed E-state index contributed by atoms with van der Waals surface area (Å²) >= 11 is 1.35. The molecule has 7 nitrogen and oxygen atoms in total. The van der Waals surface area contributed by atoms with Gasteiger partial charge in [-0.1, -0.05) is 77.5 Å². The lowest BCUT2D eigenvalue weighted by atomic mass is 10.0. The van der Waals surface area contributed by atoms with Gasteiger partial charge < -0.3 is 4.90 Å². The molecular formula is C28H27N5O2S. The van der Waals surface area contributed by atoms with Crippen molar-refractivity contribution in [2.24, 2.45) is 0 Å². The van der Waals surface area contributed by atoms with E-state index in [0.717, 1.165) is 23.1 Å². The maximum absolute atomic E-state index is 13.8. The number of benzene rings is 2. The number of hydrogen-bond donors (Lipinski definition) is 0. The Morgan fingerprint density at radius 1 is 0.972 bits per heavy atom. The zero-order chi connectivity index (χ0) is 25.1. The molecule has 1 fully saturated rings. The fraction of sp³-hybridized carbons (Fsp3) is 0.250. The second kappa shape index (κ2) is 10.5. The molecule has 1 amide bonds. The minimum absolute atomic E-state index is 0.00399. The molecule has 0 bridgehead atoms. The highest BCUT2D eigenvalue weighted by Gasteiger charge is 2.29. The van der Waals surface area contributed by atoms with Gasteiger partial charge in [0, 0.05) is 24.7 Å². The summed E-state index contributed by atoms with van der Waals surface area (Å²) in [6.07, 6.45) is 3.11. The van der Waals surface area contributed by atoms with Crippen LogP contribution in [0.3, 0.4) is 0 Å². The standard InChI is InChI=1S/C28H27N5O2S/c1-19-8-12-21(13-9-19)26(35)27(22-14-10-20(2)11-15-22)36-28-31-30-24(18-32-17-5-7-25(32)34)33(28)23-6-3-4-16-29-23/h3-4,6,8-16,27H,5,7,17-18H2,1-2H3/t27-/m1/s1. The smallest absolute Gasteiger partial charge is 0.223 e. The molecule has 0 saturated carbocycles. The van der Waals surface area contributed by atoms with E-state index in [1.807, 2.05) is 85.1 Å². The predicted molar refractivity (Wildman–Crippen MR) is 139 cm³/mol. The first kappa shape index (κ1) is 23.9. The molecule has 1 aliphatic heterocycles. The number of thioether (sulfide) groups is 1. The second-order valence-corrected chi connectivity index (χ2v) is 10.1. The zero-order valence-corrected chi connectivity index (χ0v) is 21.1. The summed E-state index contributed by atoms with van der Waals surface area (Å²) in [5.41, 5.74) is 3.76. The molecule has 0 N–H and O–H groups in total. The van der Waals surface area contributed by atoms with E-state index in [1.54, 1.807) is 11.1 Å². The van der Waals surface area contributed by atoms with Gasteiger partial charge in [-0.25, -0.2) is 4.98 Å². The number of pyridine rings is 1. The molecule has 0 radical (unpaired) electrons. The molecule has 4 aromatic rings. The number of nitrogens with zero attached hydrogens (tertiary/aromatic N) is 5. The van der Waals surface area contributed by atoms with Crippen molar-refractivity contribution in [1.29, 1.82) is 0 Å². The lowest BCUT2D eigenvalue weighted by Crippen LogP contribution is -2.26. The number of aryl methyl sites for hydroxylation is 2. The average molecular weight is 498 g/mol. The SMILES string of the molecule is Cc1ccc(C(=O)[C@H](Sc2nnc(CN3CCCC3=O)n2-c2ccccn2)c2ccc(C)cc2)cc1. The van der Waals surface area contributed by atoms with Crippen LogP contribution >= 0.6 is 11.8 Å². The summed E-state index contributed by atoms with van der Waals surface area (Å²) in [5, 5.41) is 8.95. The van der Waals surface area contributed by atoms with E-state index >= 15 is 0 Å². The third-order valence-corrected chi connectivity index (χ3v) is 7.46. The van der Waals surface area contributed by atoms with Gasteiger partial charge in [-0.3, -0.25) is 14.2 Å². The van der Waals surface area contributed by atoms with Crippen LogP contribution in [0.15, 0.2) is 78.1 Å². The Morgan fingerprint density at radius 2 is 1.69 bits per heavy atom. The molecule has 1 saturated heterocycles. The summed E-state index contributed by atoms with van der Waals surface area (Å²) in [6, 6.07) is 21.3. The van der Waals surface area contributed by atoms with E-state index < -0.39 is 5.25 Å². The van der Waals surface area contributed by atoms with Gasteiger partial charge >= 0.3 is 0 Å². The van der Waals surface area contributed by atoms with Gasteiger partial charge in [0.05, 0.1) is 6.54 Å². The number of carbonyl (C=O) groups is 2. The largest absolute Gasteiger partial charge is 0.335 e. The molecule has 8 heteroatoms. The fourth-order valence-electron chi connectivity index (χ4n) is 4.23. The van der Waals surface area contributed by atoms with Crippen molar-refractivity contribution in [2.75, 3.05) is 6.54 Å². The molecule has 3 heterocycles. The Labute approximate surface area is 214 Å². The molecule has 2 aromatic heterocycles. The first-order chi connectivity index (χ1) is 17.5. The van der Waals surface area contributed by atoms with Crippen LogP contribution in [0.4, 0.5) is 0 Å². The highest BCUT2D eigenvalue weighted by Crippen LogP contribution is 2.38. The monoisotopic (exact) mass is 497 g/mol. The lowest BCUT2D eigenvalue weighted by Gasteiger charge is -2.18. The molecule has 0 spiro atoms. The van der Waals surface area contributed by atoms with Crippen molar-refractivity contribution in [3.8, 4) is 5.82 Å². The Balaban J connectivity index is 1.55. The second-order valence-electron chi connectivity index (χ2n) is 8.98. The number of likely N-dealkylation sites (tertiary alicyclic amines) is 1. The van der Waals surface area contributed by atoms with Crippen molar-refractivity contribution in [2.45, 2.75) is 43.6 Å². The van der Waals surface area contributed by atoms with Crippen LogP contribution in [0, 0.1) is 13.8 Å². The van der Waals surface area contributed by atoms with Gasteiger partial charge in [0.1, 0.15) is 11.1 Å². The number of hydrogen-bond acceptors (Lipinski definition) is 6. The summed E-state index contributed by atoms with van der Waals surface area (Å²) in [5.74, 6) is 1.39. The van der Waals surface area contributed by atoms with Gasteiger partial charge in [-0.05, 0) is 38.0 Å². The van der Waals surface area contributed by atoms with Crippen LogP contribution in [0.2, 0.25) is 0 Å². The Morgan fingerprint density at radius 3 is 2.33 bits per heavy atom. The number of ketones is 1. The van der Waals surface area contributed by atoms with E-state index in [1.165, 1.54) is 11.8 Å². The molecule has 0 aliphatic carbocycles. The molecule has 36 heavy (non-hydrogen) atoms. The number of amides is 1. The maximum Gasteiger partial charge on any atom is 0.223 e. The van der Waals surface area contributed by atoms with Crippen molar-refractivity contribution in [1.82, 2.24) is 24.6 Å². The fourth-order valence-corrected chi connectivity index (χ4v) is 5.37. The van der Waals surface area contributed by atoms with E-state index in [-0.39, 0.29) is 11.7 Å².